The molecule has 0 aromatic rings. The Morgan fingerprint density at radius 1 is 1.60 bits per heavy atom. The van der Waals surface area contributed by atoms with Crippen LogP contribution in [0, 0.1) is 5.92 Å². The number of carbonyl (C=O) groups is 2. The van der Waals surface area contributed by atoms with Gasteiger partial charge < -0.3 is 9.64 Å². The molecule has 1 unspecified atom stereocenters. The van der Waals surface area contributed by atoms with E-state index < -0.39 is 0 Å². The molecule has 1 fully saturated rings. The number of hydrogen-bond acceptors (Lipinski definition) is 3. The van der Waals surface area contributed by atoms with Gasteiger partial charge in [0.15, 0.2) is 0 Å². The van der Waals surface area contributed by atoms with E-state index in [1.165, 1.54) is 7.11 Å². The summed E-state index contributed by atoms with van der Waals surface area (Å²) in [6, 6.07) is 0. The summed E-state index contributed by atoms with van der Waals surface area (Å²) in [5.74, 6) is 0.538. The van der Waals surface area contributed by atoms with E-state index >= 15 is 0 Å². The molecule has 4 nitrogen and oxygen atoms in total. The van der Waals surface area contributed by atoms with Gasteiger partial charge >= 0.3 is 5.97 Å². The first-order chi connectivity index (χ1) is 7.17. The highest BCUT2D eigenvalue weighted by Gasteiger charge is 2.27. The minimum Gasteiger partial charge on any atom is -0.469 e. The minimum atomic E-state index is -0.200. The first-order valence-corrected chi connectivity index (χ1v) is 5.52. The lowest BCUT2D eigenvalue weighted by atomic mass is 10.1. The maximum absolute atomic E-state index is 11.5. The summed E-state index contributed by atoms with van der Waals surface area (Å²) >= 11 is 0. The Morgan fingerprint density at radius 3 is 2.87 bits per heavy atom. The Kier molecular flexibility index (Phi) is 4.59. The van der Waals surface area contributed by atoms with E-state index in [0.717, 1.165) is 13.0 Å². The van der Waals surface area contributed by atoms with Crippen LogP contribution in [0.25, 0.3) is 0 Å². The van der Waals surface area contributed by atoms with Crippen LogP contribution in [0.2, 0.25) is 0 Å². The fourth-order valence-corrected chi connectivity index (χ4v) is 1.86. The van der Waals surface area contributed by atoms with Crippen molar-refractivity contribution in [2.45, 2.75) is 32.6 Å². The highest BCUT2D eigenvalue weighted by molar-refractivity contribution is 5.78. The Morgan fingerprint density at radius 2 is 2.33 bits per heavy atom. The molecule has 0 saturated carbocycles. The number of ether oxygens (including phenoxy) is 1. The summed E-state index contributed by atoms with van der Waals surface area (Å²) in [5.41, 5.74) is 0. The predicted molar refractivity (Wildman–Crippen MR) is 56.2 cm³/mol. The van der Waals surface area contributed by atoms with E-state index in [2.05, 4.69) is 11.7 Å². The summed E-state index contributed by atoms with van der Waals surface area (Å²) in [6.07, 6.45) is 2.83. The van der Waals surface area contributed by atoms with E-state index in [-0.39, 0.29) is 11.9 Å². The van der Waals surface area contributed by atoms with Gasteiger partial charge in [0.25, 0.3) is 0 Å². The van der Waals surface area contributed by atoms with Crippen LogP contribution in [-0.4, -0.2) is 37.0 Å². The van der Waals surface area contributed by atoms with Gasteiger partial charge in [0, 0.05) is 25.9 Å². The van der Waals surface area contributed by atoms with Crippen LogP contribution in [0.4, 0.5) is 0 Å². The lowest BCUT2D eigenvalue weighted by molar-refractivity contribution is -0.141. The van der Waals surface area contributed by atoms with Gasteiger partial charge in [0.1, 0.15) is 0 Å². The molecule has 0 spiro atoms. The molecule has 1 saturated heterocycles. The molecule has 1 atom stereocenters. The van der Waals surface area contributed by atoms with Crippen molar-refractivity contribution < 1.29 is 14.3 Å². The normalized spacial score (nSPS) is 20.8. The molecule has 0 N–H and O–H groups in total. The quantitative estimate of drug-likeness (QED) is 0.645. The number of methoxy groups -OCH3 is 1. The van der Waals surface area contributed by atoms with Gasteiger partial charge in [-0.25, -0.2) is 0 Å². The summed E-state index contributed by atoms with van der Waals surface area (Å²) in [5, 5.41) is 0. The molecule has 15 heavy (non-hydrogen) atoms. The first kappa shape index (κ1) is 12.0. The number of hydrogen-bond donors (Lipinski definition) is 0. The van der Waals surface area contributed by atoms with E-state index in [9.17, 15) is 9.59 Å². The minimum absolute atomic E-state index is 0.200. The number of rotatable bonds is 5. The van der Waals surface area contributed by atoms with Crippen molar-refractivity contribution >= 4 is 11.9 Å². The molecule has 86 valence electrons. The summed E-state index contributed by atoms with van der Waals surface area (Å²) in [7, 11) is 1.39. The van der Waals surface area contributed by atoms with Gasteiger partial charge in [-0.1, -0.05) is 13.3 Å². The van der Waals surface area contributed by atoms with Crippen LogP contribution in [-0.2, 0) is 14.3 Å². The summed E-state index contributed by atoms with van der Waals surface area (Å²) in [6.45, 7) is 3.65. The third kappa shape index (κ3) is 3.53. The number of carbonyl (C=O) groups excluding carboxylic acids is 2. The van der Waals surface area contributed by atoms with Crippen molar-refractivity contribution in [3.8, 4) is 0 Å². The van der Waals surface area contributed by atoms with Gasteiger partial charge in [-0.3, -0.25) is 9.59 Å². The molecule has 0 aliphatic carbocycles. The van der Waals surface area contributed by atoms with Crippen LogP contribution in [0.15, 0.2) is 0 Å². The topological polar surface area (TPSA) is 46.6 Å². The van der Waals surface area contributed by atoms with Crippen LogP contribution in [0.1, 0.15) is 32.6 Å². The molecule has 0 aromatic carbocycles. The third-order valence-electron chi connectivity index (χ3n) is 2.91. The van der Waals surface area contributed by atoms with E-state index in [4.69, 9.17) is 0 Å². The van der Waals surface area contributed by atoms with Crippen molar-refractivity contribution in [1.82, 2.24) is 4.90 Å². The molecular formula is C11H19NO3. The molecule has 1 aliphatic heterocycles. The highest BCUT2D eigenvalue weighted by atomic mass is 16.5. The molecule has 1 rings (SSSR count). The Bertz CT molecular complexity index is 240. The Labute approximate surface area is 90.6 Å². The molecule has 1 aliphatic rings. The molecule has 0 bridgehead atoms. The van der Waals surface area contributed by atoms with Crippen molar-refractivity contribution in [1.29, 1.82) is 0 Å². The molecule has 4 heteroatoms. The second-order valence-corrected chi connectivity index (χ2v) is 4.00. The standard InChI is InChI=1S/C11H19NO3/c1-3-9-7-10(13)12(8-9)6-4-5-11(14)15-2/h9H,3-8H2,1-2H3. The van der Waals surface area contributed by atoms with Gasteiger partial charge in [0.2, 0.25) is 5.91 Å². The molecule has 1 amide bonds. The van der Waals surface area contributed by atoms with Gasteiger partial charge in [-0.2, -0.15) is 0 Å². The van der Waals surface area contributed by atoms with Crippen LogP contribution >= 0.6 is 0 Å². The van der Waals surface area contributed by atoms with Gasteiger partial charge in [-0.15, -0.1) is 0 Å². The molecule has 0 radical (unpaired) electrons. The SMILES string of the molecule is CCC1CC(=O)N(CCCC(=O)OC)C1. The Hall–Kier alpha value is -1.06. The van der Waals surface area contributed by atoms with Crippen LogP contribution in [0.3, 0.4) is 0 Å². The monoisotopic (exact) mass is 213 g/mol. The number of nitrogens with zero attached hydrogens (tertiary/aromatic N) is 1. The number of esters is 1. The van der Waals surface area contributed by atoms with Crippen LogP contribution < -0.4 is 0 Å². The highest BCUT2D eigenvalue weighted by Crippen LogP contribution is 2.20. The summed E-state index contributed by atoms with van der Waals surface area (Å²) < 4.78 is 4.54. The largest absolute Gasteiger partial charge is 0.469 e. The zero-order chi connectivity index (χ0) is 11.3. The lowest BCUT2D eigenvalue weighted by Gasteiger charge is -2.15. The fraction of sp³-hybridized carbons (Fsp3) is 0.818. The first-order valence-electron chi connectivity index (χ1n) is 5.52. The zero-order valence-electron chi connectivity index (χ0n) is 9.49. The second-order valence-electron chi connectivity index (χ2n) is 4.00. The maximum Gasteiger partial charge on any atom is 0.305 e. The smallest absolute Gasteiger partial charge is 0.305 e. The van der Waals surface area contributed by atoms with E-state index in [0.29, 0.717) is 31.7 Å². The second kappa shape index (κ2) is 5.73. The van der Waals surface area contributed by atoms with E-state index in [1.807, 2.05) is 4.90 Å². The van der Waals surface area contributed by atoms with Crippen molar-refractivity contribution in [3.05, 3.63) is 0 Å². The molecule has 0 aromatic heterocycles. The molecular weight excluding hydrogens is 194 g/mol. The van der Waals surface area contributed by atoms with Gasteiger partial charge in [0.05, 0.1) is 7.11 Å². The average Bonchev–Trinajstić information content (AvgIpc) is 2.59. The van der Waals surface area contributed by atoms with E-state index in [1.54, 1.807) is 0 Å². The number of likely N-dealkylation sites (tertiary alicyclic amines) is 1. The van der Waals surface area contributed by atoms with Crippen molar-refractivity contribution in [2.24, 2.45) is 5.92 Å². The van der Waals surface area contributed by atoms with Crippen LogP contribution in [0.5, 0.6) is 0 Å². The van der Waals surface area contributed by atoms with Gasteiger partial charge in [-0.05, 0) is 12.3 Å². The predicted octanol–water partition coefficient (Wildman–Crippen LogP) is 1.20. The number of amides is 1. The zero-order valence-corrected chi connectivity index (χ0v) is 9.49. The molecule has 1 heterocycles. The fourth-order valence-electron chi connectivity index (χ4n) is 1.86. The lowest BCUT2D eigenvalue weighted by Crippen LogP contribution is -2.26. The summed E-state index contributed by atoms with van der Waals surface area (Å²) in [4.78, 5) is 24.2. The van der Waals surface area contributed by atoms with Crippen molar-refractivity contribution in [2.75, 3.05) is 20.2 Å². The van der Waals surface area contributed by atoms with Crippen molar-refractivity contribution in [3.63, 3.8) is 0 Å². The maximum atomic E-state index is 11.5. The third-order valence-corrected chi connectivity index (χ3v) is 2.91. The Balaban J connectivity index is 2.22. The average molecular weight is 213 g/mol.